The van der Waals surface area contributed by atoms with E-state index >= 15 is 0 Å². The monoisotopic (exact) mass is 261 g/mol. The zero-order valence-electron chi connectivity index (χ0n) is 11.1. The lowest BCUT2D eigenvalue weighted by Gasteiger charge is -2.22. The van der Waals surface area contributed by atoms with Crippen molar-refractivity contribution in [3.63, 3.8) is 0 Å². The van der Waals surface area contributed by atoms with Crippen LogP contribution in [0.2, 0.25) is 0 Å². The van der Waals surface area contributed by atoms with E-state index in [1.54, 1.807) is 0 Å². The second kappa shape index (κ2) is 6.90. The molecule has 0 unspecified atom stereocenters. The molecule has 0 radical (unpaired) electrons. The Labute approximate surface area is 113 Å². The SMILES string of the molecule is Cc1nc(NCC#N)cc(NCC2CCOCC2)n1. The number of hydrogen-bond donors (Lipinski definition) is 2. The number of nitriles is 1. The predicted molar refractivity (Wildman–Crippen MR) is 72.9 cm³/mol. The summed E-state index contributed by atoms with van der Waals surface area (Å²) in [7, 11) is 0. The third-order valence-corrected chi connectivity index (χ3v) is 3.10. The normalized spacial score (nSPS) is 15.8. The van der Waals surface area contributed by atoms with Crippen molar-refractivity contribution in [2.24, 2.45) is 5.92 Å². The van der Waals surface area contributed by atoms with Gasteiger partial charge < -0.3 is 15.4 Å². The molecule has 1 saturated heterocycles. The van der Waals surface area contributed by atoms with E-state index in [0.29, 0.717) is 17.6 Å². The Morgan fingerprint density at radius 2 is 2.00 bits per heavy atom. The Morgan fingerprint density at radius 1 is 1.32 bits per heavy atom. The van der Waals surface area contributed by atoms with E-state index in [-0.39, 0.29) is 6.54 Å². The molecule has 1 fully saturated rings. The van der Waals surface area contributed by atoms with E-state index in [2.05, 4.69) is 20.6 Å². The molecule has 0 amide bonds. The molecule has 102 valence electrons. The van der Waals surface area contributed by atoms with E-state index in [1.807, 2.05) is 19.1 Å². The molecule has 0 bridgehead atoms. The molecular weight excluding hydrogens is 242 g/mol. The molecule has 1 aliphatic heterocycles. The molecule has 0 saturated carbocycles. The van der Waals surface area contributed by atoms with Crippen LogP contribution in [-0.4, -0.2) is 36.3 Å². The fourth-order valence-corrected chi connectivity index (χ4v) is 2.08. The van der Waals surface area contributed by atoms with Crippen LogP contribution >= 0.6 is 0 Å². The number of ether oxygens (including phenoxy) is 1. The molecule has 0 aromatic carbocycles. The zero-order chi connectivity index (χ0) is 13.5. The maximum absolute atomic E-state index is 8.56. The summed E-state index contributed by atoms with van der Waals surface area (Å²) in [5.74, 6) is 2.82. The molecule has 0 aliphatic carbocycles. The van der Waals surface area contributed by atoms with Crippen molar-refractivity contribution >= 4 is 11.6 Å². The number of aromatic nitrogens is 2. The minimum atomic E-state index is 0.246. The minimum Gasteiger partial charge on any atom is -0.381 e. The second-order valence-electron chi connectivity index (χ2n) is 4.63. The molecule has 1 aromatic rings. The molecule has 1 aromatic heterocycles. The number of aryl methyl sites for hydroxylation is 1. The van der Waals surface area contributed by atoms with Crippen LogP contribution in [0.4, 0.5) is 11.6 Å². The molecule has 19 heavy (non-hydrogen) atoms. The van der Waals surface area contributed by atoms with Crippen LogP contribution in [0.1, 0.15) is 18.7 Å². The Hall–Kier alpha value is -1.87. The van der Waals surface area contributed by atoms with E-state index in [1.165, 1.54) is 0 Å². The molecule has 6 nitrogen and oxygen atoms in total. The number of nitrogens with one attached hydrogen (secondary N) is 2. The lowest BCUT2D eigenvalue weighted by atomic mass is 10.0. The summed E-state index contributed by atoms with van der Waals surface area (Å²) in [6.45, 7) is 4.69. The predicted octanol–water partition coefficient (Wildman–Crippen LogP) is 1.56. The molecule has 0 atom stereocenters. The van der Waals surface area contributed by atoms with Crippen LogP contribution in [0.25, 0.3) is 0 Å². The highest BCUT2D eigenvalue weighted by molar-refractivity contribution is 5.47. The van der Waals surface area contributed by atoms with Gasteiger partial charge in [-0.2, -0.15) is 5.26 Å². The van der Waals surface area contributed by atoms with Crippen LogP contribution < -0.4 is 10.6 Å². The Kier molecular flexibility index (Phi) is 4.93. The van der Waals surface area contributed by atoms with Gasteiger partial charge in [0.2, 0.25) is 0 Å². The lowest BCUT2D eigenvalue weighted by molar-refractivity contribution is 0.0699. The summed E-state index contributed by atoms with van der Waals surface area (Å²) >= 11 is 0. The average Bonchev–Trinajstić information content (AvgIpc) is 2.43. The second-order valence-corrected chi connectivity index (χ2v) is 4.63. The van der Waals surface area contributed by atoms with Crippen LogP contribution in [-0.2, 0) is 4.74 Å². The summed E-state index contributed by atoms with van der Waals surface area (Å²) in [6.07, 6.45) is 2.19. The third kappa shape index (κ3) is 4.38. The van der Waals surface area contributed by atoms with Gasteiger partial charge in [-0.3, -0.25) is 0 Å². The average molecular weight is 261 g/mol. The fourth-order valence-electron chi connectivity index (χ4n) is 2.08. The van der Waals surface area contributed by atoms with Gasteiger partial charge in [0.15, 0.2) is 0 Å². The largest absolute Gasteiger partial charge is 0.381 e. The smallest absolute Gasteiger partial charge is 0.132 e. The zero-order valence-corrected chi connectivity index (χ0v) is 11.1. The van der Waals surface area contributed by atoms with Crippen molar-refractivity contribution in [3.05, 3.63) is 11.9 Å². The third-order valence-electron chi connectivity index (χ3n) is 3.10. The number of nitrogens with zero attached hydrogens (tertiary/aromatic N) is 3. The first-order valence-electron chi connectivity index (χ1n) is 6.56. The lowest BCUT2D eigenvalue weighted by Crippen LogP contribution is -2.23. The molecule has 2 rings (SSSR count). The van der Waals surface area contributed by atoms with Crippen molar-refractivity contribution in [2.75, 3.05) is 36.9 Å². The maximum Gasteiger partial charge on any atom is 0.132 e. The molecule has 2 heterocycles. The topological polar surface area (TPSA) is 82.9 Å². The first-order chi connectivity index (χ1) is 9.28. The number of hydrogen-bond acceptors (Lipinski definition) is 6. The fraction of sp³-hybridized carbons (Fsp3) is 0.615. The Bertz CT molecular complexity index is 451. The van der Waals surface area contributed by atoms with E-state index in [4.69, 9.17) is 10.00 Å². The van der Waals surface area contributed by atoms with Crippen molar-refractivity contribution in [2.45, 2.75) is 19.8 Å². The Morgan fingerprint density at radius 3 is 2.68 bits per heavy atom. The van der Waals surface area contributed by atoms with Crippen molar-refractivity contribution in [3.8, 4) is 6.07 Å². The molecule has 1 aliphatic rings. The highest BCUT2D eigenvalue weighted by Gasteiger charge is 2.13. The van der Waals surface area contributed by atoms with Gasteiger partial charge in [-0.1, -0.05) is 0 Å². The highest BCUT2D eigenvalue weighted by atomic mass is 16.5. The van der Waals surface area contributed by atoms with Crippen molar-refractivity contribution in [1.29, 1.82) is 5.26 Å². The van der Waals surface area contributed by atoms with Crippen molar-refractivity contribution < 1.29 is 4.74 Å². The van der Waals surface area contributed by atoms with Gasteiger partial charge in [-0.15, -0.1) is 0 Å². The minimum absolute atomic E-state index is 0.246. The summed E-state index contributed by atoms with van der Waals surface area (Å²) < 4.78 is 5.34. The van der Waals surface area contributed by atoms with Gasteiger partial charge in [0.05, 0.1) is 6.07 Å². The van der Waals surface area contributed by atoms with E-state index < -0.39 is 0 Å². The quantitative estimate of drug-likeness (QED) is 0.783. The van der Waals surface area contributed by atoms with Crippen LogP contribution in [0.5, 0.6) is 0 Å². The summed E-state index contributed by atoms with van der Waals surface area (Å²) in [5, 5.41) is 14.8. The molecule has 0 spiro atoms. The molecular formula is C13H19N5O. The van der Waals surface area contributed by atoms with Gasteiger partial charge in [0, 0.05) is 25.8 Å². The van der Waals surface area contributed by atoms with Gasteiger partial charge in [0.1, 0.15) is 24.0 Å². The molecule has 2 N–H and O–H groups in total. The van der Waals surface area contributed by atoms with E-state index in [9.17, 15) is 0 Å². The summed E-state index contributed by atoms with van der Waals surface area (Å²) in [4.78, 5) is 8.58. The first kappa shape index (κ1) is 13.6. The molecule has 6 heteroatoms. The van der Waals surface area contributed by atoms with Crippen LogP contribution in [0.15, 0.2) is 6.07 Å². The van der Waals surface area contributed by atoms with E-state index in [0.717, 1.165) is 38.4 Å². The van der Waals surface area contributed by atoms with Crippen LogP contribution in [0, 0.1) is 24.2 Å². The van der Waals surface area contributed by atoms with Crippen LogP contribution in [0.3, 0.4) is 0 Å². The summed E-state index contributed by atoms with van der Waals surface area (Å²) in [5.41, 5.74) is 0. The van der Waals surface area contributed by atoms with Gasteiger partial charge >= 0.3 is 0 Å². The standard InChI is InChI=1S/C13H19N5O/c1-10-17-12(15-5-4-14)8-13(18-10)16-9-11-2-6-19-7-3-11/h8,11H,2-3,5-7,9H2,1H3,(H2,15,16,17,18). The van der Waals surface area contributed by atoms with Gasteiger partial charge in [-0.05, 0) is 25.7 Å². The maximum atomic E-state index is 8.56. The summed E-state index contributed by atoms with van der Waals surface area (Å²) in [6, 6.07) is 3.87. The first-order valence-corrected chi connectivity index (χ1v) is 6.56. The highest BCUT2D eigenvalue weighted by Crippen LogP contribution is 2.16. The number of rotatable bonds is 5. The Balaban J connectivity index is 1.91. The van der Waals surface area contributed by atoms with Gasteiger partial charge in [0.25, 0.3) is 0 Å². The van der Waals surface area contributed by atoms with Gasteiger partial charge in [-0.25, -0.2) is 9.97 Å². The van der Waals surface area contributed by atoms with Crippen molar-refractivity contribution in [1.82, 2.24) is 9.97 Å². The number of anilines is 2.